The summed E-state index contributed by atoms with van der Waals surface area (Å²) in [7, 11) is 0. The number of urea groups is 1. The van der Waals surface area contributed by atoms with E-state index in [2.05, 4.69) is 17.6 Å². The van der Waals surface area contributed by atoms with Gasteiger partial charge in [0.1, 0.15) is 0 Å². The Hall–Kier alpha value is -1.65. The number of anilines is 1. The number of nitrogens with one attached hydrogen (secondary N) is 2. The summed E-state index contributed by atoms with van der Waals surface area (Å²) >= 11 is 7.62. The SMILES string of the molecule is C[C@H](CNC(=O)Nc1ccccc1)CSc1ccc(Cl)cc1. The predicted molar refractivity (Wildman–Crippen MR) is 94.8 cm³/mol. The van der Waals surface area contributed by atoms with E-state index in [4.69, 9.17) is 11.6 Å². The Morgan fingerprint density at radius 3 is 2.50 bits per heavy atom. The standard InChI is InChI=1S/C17H19ClN2OS/c1-13(12-22-16-9-7-14(18)8-10-16)11-19-17(21)20-15-5-3-2-4-6-15/h2-10,13H,11-12H2,1H3,(H2,19,20,21)/t13-/m1/s1. The highest BCUT2D eigenvalue weighted by molar-refractivity contribution is 7.99. The van der Waals surface area contributed by atoms with E-state index in [1.165, 1.54) is 4.90 Å². The minimum Gasteiger partial charge on any atom is -0.338 e. The molecule has 0 spiro atoms. The third-order valence-corrected chi connectivity index (χ3v) is 4.58. The van der Waals surface area contributed by atoms with Gasteiger partial charge in [0, 0.05) is 27.9 Å². The van der Waals surface area contributed by atoms with Crippen LogP contribution in [0.15, 0.2) is 59.5 Å². The minimum absolute atomic E-state index is 0.172. The second-order valence-corrected chi connectivity index (χ2v) is 6.60. The van der Waals surface area contributed by atoms with Gasteiger partial charge in [0.25, 0.3) is 0 Å². The Morgan fingerprint density at radius 1 is 1.14 bits per heavy atom. The van der Waals surface area contributed by atoms with E-state index in [1.807, 2.05) is 54.6 Å². The van der Waals surface area contributed by atoms with Crippen LogP contribution in [-0.2, 0) is 0 Å². The monoisotopic (exact) mass is 334 g/mol. The quantitative estimate of drug-likeness (QED) is 0.738. The maximum absolute atomic E-state index is 11.8. The molecule has 0 bridgehead atoms. The zero-order valence-electron chi connectivity index (χ0n) is 12.4. The fraction of sp³-hybridized carbons (Fsp3) is 0.235. The topological polar surface area (TPSA) is 41.1 Å². The molecule has 0 aliphatic rings. The van der Waals surface area contributed by atoms with E-state index in [0.29, 0.717) is 12.5 Å². The summed E-state index contributed by atoms with van der Waals surface area (Å²) in [6, 6.07) is 17.0. The molecular formula is C17H19ClN2OS. The molecule has 2 aromatic rings. The van der Waals surface area contributed by atoms with Gasteiger partial charge in [-0.3, -0.25) is 0 Å². The molecule has 22 heavy (non-hydrogen) atoms. The lowest BCUT2D eigenvalue weighted by molar-refractivity contribution is 0.251. The number of halogens is 1. The summed E-state index contributed by atoms with van der Waals surface area (Å²) in [6.45, 7) is 2.75. The molecular weight excluding hydrogens is 316 g/mol. The average Bonchev–Trinajstić information content (AvgIpc) is 2.53. The highest BCUT2D eigenvalue weighted by Crippen LogP contribution is 2.22. The molecule has 0 aliphatic carbocycles. The Labute approximate surface area is 140 Å². The molecule has 0 heterocycles. The molecule has 1 atom stereocenters. The summed E-state index contributed by atoms with van der Waals surface area (Å²) in [5.74, 6) is 1.31. The van der Waals surface area contributed by atoms with Crippen LogP contribution in [0.5, 0.6) is 0 Å². The van der Waals surface area contributed by atoms with Crippen molar-refractivity contribution in [2.24, 2.45) is 5.92 Å². The first kappa shape index (κ1) is 16.7. The maximum Gasteiger partial charge on any atom is 0.319 e. The molecule has 5 heteroatoms. The first-order chi connectivity index (χ1) is 10.6. The van der Waals surface area contributed by atoms with Crippen molar-refractivity contribution in [3.63, 3.8) is 0 Å². The zero-order chi connectivity index (χ0) is 15.8. The van der Waals surface area contributed by atoms with Gasteiger partial charge in [-0.05, 0) is 42.3 Å². The van der Waals surface area contributed by atoms with E-state index in [9.17, 15) is 4.79 Å². The first-order valence-electron chi connectivity index (χ1n) is 7.12. The van der Waals surface area contributed by atoms with Gasteiger partial charge in [0.05, 0.1) is 0 Å². The Kier molecular flexibility index (Phi) is 6.62. The van der Waals surface area contributed by atoms with Gasteiger partial charge in [0.2, 0.25) is 0 Å². The van der Waals surface area contributed by atoms with Gasteiger partial charge in [-0.2, -0.15) is 0 Å². The minimum atomic E-state index is -0.172. The molecule has 0 unspecified atom stereocenters. The first-order valence-corrected chi connectivity index (χ1v) is 8.48. The Balaban J connectivity index is 1.67. The summed E-state index contributed by atoms with van der Waals surface area (Å²) < 4.78 is 0. The van der Waals surface area contributed by atoms with E-state index < -0.39 is 0 Å². The number of thioether (sulfide) groups is 1. The lowest BCUT2D eigenvalue weighted by Gasteiger charge is -2.13. The molecule has 0 saturated heterocycles. The van der Waals surface area contributed by atoms with Gasteiger partial charge >= 0.3 is 6.03 Å². The van der Waals surface area contributed by atoms with Crippen LogP contribution >= 0.6 is 23.4 Å². The number of rotatable bonds is 6. The summed E-state index contributed by atoms with van der Waals surface area (Å²) in [5.41, 5.74) is 0.795. The molecule has 116 valence electrons. The second-order valence-electron chi connectivity index (χ2n) is 5.07. The van der Waals surface area contributed by atoms with Crippen molar-refractivity contribution in [1.29, 1.82) is 0 Å². The lowest BCUT2D eigenvalue weighted by Crippen LogP contribution is -2.32. The van der Waals surface area contributed by atoms with Crippen LogP contribution in [0.2, 0.25) is 5.02 Å². The van der Waals surface area contributed by atoms with Gasteiger partial charge < -0.3 is 10.6 Å². The highest BCUT2D eigenvalue weighted by atomic mass is 35.5. The average molecular weight is 335 g/mol. The van der Waals surface area contributed by atoms with Crippen molar-refractivity contribution in [3.8, 4) is 0 Å². The molecule has 2 rings (SSSR count). The van der Waals surface area contributed by atoms with Gasteiger partial charge in [0.15, 0.2) is 0 Å². The fourth-order valence-electron chi connectivity index (χ4n) is 1.79. The van der Waals surface area contributed by atoms with Crippen LogP contribution in [0, 0.1) is 5.92 Å². The summed E-state index contributed by atoms with van der Waals surface area (Å²) in [4.78, 5) is 13.0. The van der Waals surface area contributed by atoms with Gasteiger partial charge in [-0.25, -0.2) is 4.79 Å². The normalized spacial score (nSPS) is 11.7. The number of benzene rings is 2. The van der Waals surface area contributed by atoms with E-state index >= 15 is 0 Å². The highest BCUT2D eigenvalue weighted by Gasteiger charge is 2.06. The molecule has 2 amide bonds. The molecule has 0 saturated carbocycles. The number of para-hydroxylation sites is 1. The number of hydrogen-bond acceptors (Lipinski definition) is 2. The lowest BCUT2D eigenvalue weighted by atomic mass is 10.2. The number of carbonyl (C=O) groups is 1. The van der Waals surface area contributed by atoms with Crippen molar-refractivity contribution in [2.45, 2.75) is 11.8 Å². The Morgan fingerprint density at radius 2 is 1.82 bits per heavy atom. The van der Waals surface area contributed by atoms with E-state index in [0.717, 1.165) is 16.5 Å². The number of hydrogen-bond donors (Lipinski definition) is 2. The molecule has 3 nitrogen and oxygen atoms in total. The largest absolute Gasteiger partial charge is 0.338 e. The third-order valence-electron chi connectivity index (χ3n) is 2.99. The predicted octanol–water partition coefficient (Wildman–Crippen LogP) is 4.89. The maximum atomic E-state index is 11.8. The second kappa shape index (κ2) is 8.71. The van der Waals surface area contributed by atoms with Crippen LogP contribution in [0.25, 0.3) is 0 Å². The van der Waals surface area contributed by atoms with Crippen molar-refractivity contribution >= 4 is 35.1 Å². The molecule has 0 aliphatic heterocycles. The van der Waals surface area contributed by atoms with Crippen molar-refractivity contribution in [1.82, 2.24) is 5.32 Å². The molecule has 2 aromatic carbocycles. The van der Waals surface area contributed by atoms with Crippen LogP contribution in [0.1, 0.15) is 6.92 Å². The number of amides is 2. The molecule has 0 radical (unpaired) electrons. The molecule has 2 N–H and O–H groups in total. The number of carbonyl (C=O) groups excluding carboxylic acids is 1. The zero-order valence-corrected chi connectivity index (χ0v) is 14.0. The Bertz CT molecular complexity index is 589. The summed E-state index contributed by atoms with van der Waals surface area (Å²) in [5, 5.41) is 6.44. The van der Waals surface area contributed by atoms with Crippen LogP contribution in [0.3, 0.4) is 0 Å². The van der Waals surface area contributed by atoms with Crippen LogP contribution in [-0.4, -0.2) is 18.3 Å². The van der Waals surface area contributed by atoms with Crippen molar-refractivity contribution < 1.29 is 4.79 Å². The molecule has 0 fully saturated rings. The van der Waals surface area contributed by atoms with Gasteiger partial charge in [-0.15, -0.1) is 11.8 Å². The van der Waals surface area contributed by atoms with Crippen molar-refractivity contribution in [3.05, 3.63) is 59.6 Å². The van der Waals surface area contributed by atoms with Gasteiger partial charge in [-0.1, -0.05) is 36.7 Å². The summed E-state index contributed by atoms with van der Waals surface area (Å²) in [6.07, 6.45) is 0. The van der Waals surface area contributed by atoms with Crippen molar-refractivity contribution in [2.75, 3.05) is 17.6 Å². The van der Waals surface area contributed by atoms with Crippen LogP contribution in [0.4, 0.5) is 10.5 Å². The fourth-order valence-corrected chi connectivity index (χ4v) is 2.84. The van der Waals surface area contributed by atoms with Crippen LogP contribution < -0.4 is 10.6 Å². The molecule has 0 aromatic heterocycles. The van der Waals surface area contributed by atoms with E-state index in [-0.39, 0.29) is 6.03 Å². The van der Waals surface area contributed by atoms with E-state index in [1.54, 1.807) is 11.8 Å². The third kappa shape index (κ3) is 6.00. The smallest absolute Gasteiger partial charge is 0.319 e.